The van der Waals surface area contributed by atoms with E-state index in [9.17, 15) is 28.5 Å². The fourth-order valence-electron chi connectivity index (χ4n) is 5.78. The molecule has 0 radical (unpaired) electrons. The number of ether oxygens (including phenoxy) is 4. The molecule has 2 saturated heterocycles. The lowest BCUT2D eigenvalue weighted by molar-refractivity contribution is -0.152. The number of methoxy groups -OCH3 is 1. The first-order chi connectivity index (χ1) is 26.5. The van der Waals surface area contributed by atoms with Crippen molar-refractivity contribution in [2.75, 3.05) is 77.6 Å². The second kappa shape index (κ2) is 21.5. The van der Waals surface area contributed by atoms with Crippen LogP contribution < -0.4 is 10.2 Å². The molecular formula is C36H51N6O12P. The lowest BCUT2D eigenvalue weighted by atomic mass is 10.2. The summed E-state index contributed by atoms with van der Waals surface area (Å²) in [7, 11) is -2.83. The first-order valence-corrected chi connectivity index (χ1v) is 20.1. The van der Waals surface area contributed by atoms with E-state index in [1.807, 2.05) is 23.1 Å². The van der Waals surface area contributed by atoms with Gasteiger partial charge in [-0.15, -0.1) is 0 Å². The Labute approximate surface area is 320 Å². The molecule has 55 heavy (non-hydrogen) atoms. The van der Waals surface area contributed by atoms with Crippen LogP contribution >= 0.6 is 7.60 Å². The predicted octanol–water partition coefficient (Wildman–Crippen LogP) is 3.60. The van der Waals surface area contributed by atoms with Crippen molar-refractivity contribution < 1.29 is 56.5 Å². The monoisotopic (exact) mass is 790 g/mol. The molecule has 4 rings (SSSR count). The number of piperazine rings is 1. The van der Waals surface area contributed by atoms with Crippen molar-refractivity contribution in [1.29, 1.82) is 0 Å². The number of nitrogens with one attached hydrogen (secondary N) is 1. The van der Waals surface area contributed by atoms with Crippen LogP contribution in [0.25, 0.3) is 11.4 Å². The van der Waals surface area contributed by atoms with Crippen LogP contribution in [0.2, 0.25) is 0 Å². The van der Waals surface area contributed by atoms with E-state index >= 15 is 0 Å². The third kappa shape index (κ3) is 13.0. The molecule has 302 valence electrons. The summed E-state index contributed by atoms with van der Waals surface area (Å²) in [6.45, 7) is 5.43. The van der Waals surface area contributed by atoms with Crippen LogP contribution in [0.1, 0.15) is 63.4 Å². The normalized spacial score (nSPS) is 16.4. The van der Waals surface area contributed by atoms with E-state index in [4.69, 9.17) is 33.0 Å². The molecule has 1 aromatic heterocycles. The number of carbonyl (C=O) groups is 5. The first kappa shape index (κ1) is 43.1. The molecule has 0 bridgehead atoms. The predicted molar refractivity (Wildman–Crippen MR) is 198 cm³/mol. The van der Waals surface area contributed by atoms with E-state index in [-0.39, 0.29) is 63.2 Å². The van der Waals surface area contributed by atoms with Crippen molar-refractivity contribution in [3.8, 4) is 11.4 Å². The van der Waals surface area contributed by atoms with E-state index in [0.717, 1.165) is 6.42 Å². The zero-order valence-corrected chi connectivity index (χ0v) is 32.7. The Hall–Kier alpha value is -4.64. The van der Waals surface area contributed by atoms with Gasteiger partial charge in [-0.25, -0.2) is 14.8 Å². The average Bonchev–Trinajstić information content (AvgIpc) is 3.68. The van der Waals surface area contributed by atoms with Gasteiger partial charge in [-0.05, 0) is 26.2 Å². The Balaban J connectivity index is 1.65. The summed E-state index contributed by atoms with van der Waals surface area (Å²) < 4.78 is 46.0. The fraction of sp³-hybridized carbons (Fsp3) is 0.583. The van der Waals surface area contributed by atoms with Gasteiger partial charge in [0.05, 0.1) is 18.9 Å². The number of nitrogens with zero attached hydrogens (tertiary/aromatic N) is 5. The Morgan fingerprint density at radius 1 is 0.855 bits per heavy atom. The fourth-order valence-corrected chi connectivity index (χ4v) is 7.19. The highest BCUT2D eigenvalue weighted by molar-refractivity contribution is 7.54. The first-order valence-electron chi connectivity index (χ1n) is 18.4. The van der Waals surface area contributed by atoms with Crippen LogP contribution in [0.15, 0.2) is 36.4 Å². The molecule has 3 amide bonds. The summed E-state index contributed by atoms with van der Waals surface area (Å²) in [6.07, 6.45) is 0.597. The molecule has 2 aromatic rings. The van der Waals surface area contributed by atoms with Crippen molar-refractivity contribution >= 4 is 43.3 Å². The number of rotatable bonds is 19. The maximum Gasteiger partial charge on any atom is 0.409 e. The van der Waals surface area contributed by atoms with Gasteiger partial charge in [-0.3, -0.25) is 32.8 Å². The summed E-state index contributed by atoms with van der Waals surface area (Å²) in [4.78, 5) is 79.0. The zero-order chi connectivity index (χ0) is 39.8. The minimum atomic E-state index is -4.47. The minimum absolute atomic E-state index is 0.0321. The van der Waals surface area contributed by atoms with E-state index in [1.54, 1.807) is 40.0 Å². The van der Waals surface area contributed by atoms with Crippen LogP contribution in [-0.4, -0.2) is 134 Å². The number of amides is 3. The molecule has 2 atom stereocenters. The van der Waals surface area contributed by atoms with Gasteiger partial charge in [-0.2, -0.15) is 0 Å². The van der Waals surface area contributed by atoms with Crippen molar-refractivity contribution in [2.45, 2.75) is 65.0 Å². The van der Waals surface area contributed by atoms with Crippen LogP contribution in [-0.2, 0) is 46.9 Å². The van der Waals surface area contributed by atoms with E-state index < -0.39 is 63.2 Å². The molecule has 3 heterocycles. The molecule has 2 fully saturated rings. The summed E-state index contributed by atoms with van der Waals surface area (Å²) in [6, 6.07) is 9.03. The van der Waals surface area contributed by atoms with Gasteiger partial charge in [0.1, 0.15) is 17.6 Å². The van der Waals surface area contributed by atoms with E-state index in [0.29, 0.717) is 37.3 Å². The Kier molecular flexibility index (Phi) is 16.8. The standard InChI is InChI=1S/C36H51N6O12P/c1-5-11-31(43)51-24-53-55(48,54-25-52-32(44)12-6-2)23-29(35(46)40-17-19-41(20-18-40)36(47)50-7-3)38-34(45)28-21-30(42-16-15-27(22-42)49-4)39-33(37-28)26-13-9-8-10-14-26/h8-10,13-14,21,27,29H,5-7,11-12,15-20,22-25H2,1-4H3,(H,38,45)/t27-,29-/m0/s1. The molecule has 2 aliphatic heterocycles. The van der Waals surface area contributed by atoms with Crippen LogP contribution in [0.4, 0.5) is 10.6 Å². The maximum atomic E-state index is 14.3. The third-order valence-corrected chi connectivity index (χ3v) is 10.6. The second-order valence-corrected chi connectivity index (χ2v) is 14.9. The van der Waals surface area contributed by atoms with Crippen molar-refractivity contribution in [3.05, 3.63) is 42.1 Å². The largest absolute Gasteiger partial charge is 0.450 e. The van der Waals surface area contributed by atoms with Crippen LogP contribution in [0, 0.1) is 0 Å². The van der Waals surface area contributed by atoms with Gasteiger partial charge < -0.3 is 39.0 Å². The SMILES string of the molecule is CCCC(=O)OCOP(=O)(C[C@H](NC(=O)c1cc(N2CC[C@H](OC)C2)nc(-c2ccccc2)n1)C(=O)N1CCN(C(=O)OCC)CC1)OCOC(=O)CCC. The molecule has 1 N–H and O–H groups in total. The molecule has 0 saturated carbocycles. The highest BCUT2D eigenvalue weighted by atomic mass is 31.2. The van der Waals surface area contributed by atoms with Gasteiger partial charge in [0.2, 0.25) is 19.5 Å². The lowest BCUT2D eigenvalue weighted by Gasteiger charge is -2.36. The highest BCUT2D eigenvalue weighted by Crippen LogP contribution is 2.49. The Morgan fingerprint density at radius 2 is 1.47 bits per heavy atom. The number of aromatic nitrogens is 2. The van der Waals surface area contributed by atoms with Gasteiger partial charge >= 0.3 is 25.6 Å². The number of esters is 2. The van der Waals surface area contributed by atoms with Crippen molar-refractivity contribution in [2.24, 2.45) is 0 Å². The lowest BCUT2D eigenvalue weighted by Crippen LogP contribution is -2.57. The molecule has 19 heteroatoms. The molecule has 0 aliphatic carbocycles. The summed E-state index contributed by atoms with van der Waals surface area (Å²) in [5.41, 5.74) is 0.572. The smallest absolute Gasteiger partial charge is 0.409 e. The summed E-state index contributed by atoms with van der Waals surface area (Å²) >= 11 is 0. The zero-order valence-electron chi connectivity index (χ0n) is 31.8. The van der Waals surface area contributed by atoms with Crippen molar-refractivity contribution in [3.63, 3.8) is 0 Å². The molecule has 1 aromatic carbocycles. The summed E-state index contributed by atoms with van der Waals surface area (Å²) in [5.74, 6) is -1.95. The van der Waals surface area contributed by atoms with Gasteiger partial charge in [0.25, 0.3) is 5.91 Å². The van der Waals surface area contributed by atoms with Gasteiger partial charge in [0, 0.05) is 70.8 Å². The number of benzene rings is 1. The number of hydrogen-bond donors (Lipinski definition) is 1. The van der Waals surface area contributed by atoms with E-state index in [1.165, 1.54) is 15.9 Å². The molecule has 0 unspecified atom stereocenters. The maximum absolute atomic E-state index is 14.3. The summed E-state index contributed by atoms with van der Waals surface area (Å²) in [5, 5.41) is 2.68. The van der Waals surface area contributed by atoms with E-state index in [2.05, 4.69) is 10.3 Å². The molecule has 18 nitrogen and oxygen atoms in total. The molecule has 2 aliphatic rings. The number of carbonyl (C=O) groups excluding carboxylic acids is 5. The molecular weight excluding hydrogens is 739 g/mol. The highest BCUT2D eigenvalue weighted by Gasteiger charge is 2.39. The average molecular weight is 791 g/mol. The minimum Gasteiger partial charge on any atom is -0.450 e. The number of hydrogen-bond acceptors (Lipinski definition) is 15. The molecule has 0 spiro atoms. The quantitative estimate of drug-likeness (QED) is 0.0935. The second-order valence-electron chi connectivity index (χ2n) is 12.8. The third-order valence-electron chi connectivity index (χ3n) is 8.75. The van der Waals surface area contributed by atoms with Crippen LogP contribution in [0.5, 0.6) is 0 Å². The Bertz CT molecular complexity index is 1630. The number of anilines is 1. The van der Waals surface area contributed by atoms with Crippen LogP contribution in [0.3, 0.4) is 0 Å². The van der Waals surface area contributed by atoms with Gasteiger partial charge in [-0.1, -0.05) is 44.2 Å². The Morgan fingerprint density at radius 3 is 2.04 bits per heavy atom. The van der Waals surface area contributed by atoms with Gasteiger partial charge in [0.15, 0.2) is 5.82 Å². The topological polar surface area (TPSA) is 205 Å². The van der Waals surface area contributed by atoms with Crippen molar-refractivity contribution in [1.82, 2.24) is 25.1 Å².